The number of carbonyl (C=O) groups excluding carboxylic acids is 1. The average Bonchev–Trinajstić information content (AvgIpc) is 3.07. The van der Waals surface area contributed by atoms with E-state index >= 15 is 0 Å². The second-order valence-corrected chi connectivity index (χ2v) is 6.36. The number of rotatable bonds is 8. The van der Waals surface area contributed by atoms with Gasteiger partial charge in [-0.05, 0) is 29.3 Å². The third kappa shape index (κ3) is 4.64. The molecule has 0 bridgehead atoms. The Bertz CT molecular complexity index is 818. The minimum atomic E-state index is -0.331. The van der Waals surface area contributed by atoms with Gasteiger partial charge in [0, 0.05) is 12.0 Å². The van der Waals surface area contributed by atoms with Gasteiger partial charge in [0.15, 0.2) is 11.5 Å². The fourth-order valence-corrected chi connectivity index (χ4v) is 3.08. The summed E-state index contributed by atoms with van der Waals surface area (Å²) in [6, 6.07) is 13.5. The van der Waals surface area contributed by atoms with Gasteiger partial charge in [-0.25, -0.2) is 4.79 Å². The van der Waals surface area contributed by atoms with E-state index in [1.54, 1.807) is 39.5 Å². The van der Waals surface area contributed by atoms with E-state index in [0.717, 1.165) is 11.1 Å². The van der Waals surface area contributed by atoms with Crippen LogP contribution in [0.3, 0.4) is 0 Å². The molecule has 0 N–H and O–H groups in total. The van der Waals surface area contributed by atoms with Crippen LogP contribution in [0.1, 0.15) is 17.5 Å². The van der Waals surface area contributed by atoms with Crippen LogP contribution in [0.5, 0.6) is 17.2 Å². The molecule has 1 aliphatic heterocycles. The Morgan fingerprint density at radius 1 is 1.04 bits per heavy atom. The number of cyclic esters (lactones) is 1. The second kappa shape index (κ2) is 9.28. The lowest BCUT2D eigenvalue weighted by molar-refractivity contribution is -0.141. The van der Waals surface area contributed by atoms with Crippen molar-refractivity contribution in [2.75, 3.05) is 27.9 Å². The van der Waals surface area contributed by atoms with Crippen molar-refractivity contribution in [1.29, 1.82) is 0 Å². The molecule has 1 aliphatic rings. The highest BCUT2D eigenvalue weighted by atomic mass is 16.6. The number of benzene rings is 2. The van der Waals surface area contributed by atoms with Crippen LogP contribution in [-0.2, 0) is 20.9 Å². The summed E-state index contributed by atoms with van der Waals surface area (Å²) in [6.45, 7) is 0.841. The van der Waals surface area contributed by atoms with Crippen molar-refractivity contribution in [2.45, 2.75) is 19.1 Å². The second-order valence-electron chi connectivity index (χ2n) is 6.36. The van der Waals surface area contributed by atoms with Gasteiger partial charge in [0.05, 0.1) is 34.5 Å². The van der Waals surface area contributed by atoms with Gasteiger partial charge in [0.2, 0.25) is 5.75 Å². The van der Waals surface area contributed by atoms with Crippen LogP contribution >= 0.6 is 0 Å². The molecule has 2 aromatic rings. The highest BCUT2D eigenvalue weighted by Gasteiger charge is 2.29. The molecular formula is C22H24O6. The number of hydrogen-bond donors (Lipinski definition) is 0. The fraction of sp³-hybridized carbons (Fsp3) is 0.318. The predicted molar refractivity (Wildman–Crippen MR) is 105 cm³/mol. The summed E-state index contributed by atoms with van der Waals surface area (Å²) in [5.74, 6) is 1.24. The van der Waals surface area contributed by atoms with Crippen LogP contribution in [0.2, 0.25) is 0 Å². The van der Waals surface area contributed by atoms with E-state index in [4.69, 9.17) is 23.7 Å². The Balaban J connectivity index is 1.67. The molecule has 2 aromatic carbocycles. The SMILES string of the molecule is COc1cc(/C=C2/C[C@@H](COCc3ccccc3)OC2=O)cc(OC)c1OC. The van der Waals surface area contributed by atoms with Crippen molar-refractivity contribution in [3.63, 3.8) is 0 Å². The maximum Gasteiger partial charge on any atom is 0.334 e. The van der Waals surface area contributed by atoms with E-state index in [1.165, 1.54) is 0 Å². The van der Waals surface area contributed by atoms with E-state index < -0.39 is 0 Å². The molecule has 0 spiro atoms. The average molecular weight is 384 g/mol. The number of esters is 1. The van der Waals surface area contributed by atoms with E-state index in [0.29, 0.717) is 42.5 Å². The van der Waals surface area contributed by atoms with Crippen LogP contribution in [-0.4, -0.2) is 40.0 Å². The van der Waals surface area contributed by atoms with Crippen LogP contribution in [0.15, 0.2) is 48.0 Å². The molecule has 1 atom stereocenters. The molecule has 0 radical (unpaired) electrons. The zero-order chi connectivity index (χ0) is 19.9. The van der Waals surface area contributed by atoms with Gasteiger partial charge in [-0.15, -0.1) is 0 Å². The van der Waals surface area contributed by atoms with Crippen LogP contribution in [0.25, 0.3) is 6.08 Å². The summed E-state index contributed by atoms with van der Waals surface area (Å²) in [6.07, 6.45) is 1.98. The summed E-state index contributed by atoms with van der Waals surface area (Å²) < 4.78 is 27.2. The van der Waals surface area contributed by atoms with E-state index in [2.05, 4.69) is 0 Å². The molecular weight excluding hydrogens is 360 g/mol. The highest BCUT2D eigenvalue weighted by molar-refractivity contribution is 5.95. The third-order valence-corrected chi connectivity index (χ3v) is 4.43. The number of methoxy groups -OCH3 is 3. The molecule has 3 rings (SSSR count). The summed E-state index contributed by atoms with van der Waals surface area (Å²) >= 11 is 0. The van der Waals surface area contributed by atoms with Crippen LogP contribution < -0.4 is 14.2 Å². The third-order valence-electron chi connectivity index (χ3n) is 4.43. The molecule has 28 heavy (non-hydrogen) atoms. The first-order valence-corrected chi connectivity index (χ1v) is 8.97. The first kappa shape index (κ1) is 19.8. The van der Waals surface area contributed by atoms with Gasteiger partial charge >= 0.3 is 5.97 Å². The van der Waals surface area contributed by atoms with Crippen molar-refractivity contribution >= 4 is 12.0 Å². The lowest BCUT2D eigenvalue weighted by Gasteiger charge is -2.13. The Morgan fingerprint density at radius 2 is 1.71 bits per heavy atom. The number of ether oxygens (including phenoxy) is 5. The smallest absolute Gasteiger partial charge is 0.334 e. The molecule has 1 saturated heterocycles. The van der Waals surface area contributed by atoms with Gasteiger partial charge in [0.1, 0.15) is 6.10 Å². The van der Waals surface area contributed by atoms with E-state index in [9.17, 15) is 4.79 Å². The van der Waals surface area contributed by atoms with E-state index in [1.807, 2.05) is 30.3 Å². The lowest BCUT2D eigenvalue weighted by atomic mass is 10.1. The van der Waals surface area contributed by atoms with Gasteiger partial charge in [-0.3, -0.25) is 0 Å². The van der Waals surface area contributed by atoms with E-state index in [-0.39, 0.29) is 12.1 Å². The maximum absolute atomic E-state index is 12.2. The van der Waals surface area contributed by atoms with Gasteiger partial charge in [0.25, 0.3) is 0 Å². The summed E-state index contributed by atoms with van der Waals surface area (Å²) in [5.41, 5.74) is 2.44. The molecule has 1 fully saturated rings. The predicted octanol–water partition coefficient (Wildman–Crippen LogP) is 3.63. The normalized spacial score (nSPS) is 17.5. The minimum Gasteiger partial charge on any atom is -0.493 e. The van der Waals surface area contributed by atoms with Gasteiger partial charge in [-0.2, -0.15) is 0 Å². The van der Waals surface area contributed by atoms with Crippen LogP contribution in [0.4, 0.5) is 0 Å². The highest BCUT2D eigenvalue weighted by Crippen LogP contribution is 2.39. The van der Waals surface area contributed by atoms with Crippen molar-refractivity contribution in [3.8, 4) is 17.2 Å². The Labute approximate surface area is 164 Å². The Hall–Kier alpha value is -2.99. The van der Waals surface area contributed by atoms with Gasteiger partial charge in [-0.1, -0.05) is 30.3 Å². The molecule has 148 valence electrons. The quantitative estimate of drug-likeness (QED) is 0.512. The molecule has 6 heteroatoms. The molecule has 0 amide bonds. The van der Waals surface area contributed by atoms with Crippen molar-refractivity contribution in [2.24, 2.45) is 0 Å². The monoisotopic (exact) mass is 384 g/mol. The molecule has 0 unspecified atom stereocenters. The Kier molecular flexibility index (Phi) is 6.55. The molecule has 0 saturated carbocycles. The zero-order valence-corrected chi connectivity index (χ0v) is 16.3. The summed E-state index contributed by atoms with van der Waals surface area (Å²) in [7, 11) is 4.66. The minimum absolute atomic E-state index is 0.287. The van der Waals surface area contributed by atoms with Crippen LogP contribution in [0, 0.1) is 0 Å². The molecule has 0 aliphatic carbocycles. The molecule has 1 heterocycles. The summed E-state index contributed by atoms with van der Waals surface area (Å²) in [4.78, 5) is 12.2. The first-order chi connectivity index (χ1) is 13.6. The van der Waals surface area contributed by atoms with Crippen molar-refractivity contribution < 1.29 is 28.5 Å². The molecule has 0 aromatic heterocycles. The largest absolute Gasteiger partial charge is 0.493 e. The topological polar surface area (TPSA) is 63.2 Å². The van der Waals surface area contributed by atoms with Gasteiger partial charge < -0.3 is 23.7 Å². The number of hydrogen-bond acceptors (Lipinski definition) is 6. The first-order valence-electron chi connectivity index (χ1n) is 8.97. The summed E-state index contributed by atoms with van der Waals surface area (Å²) in [5, 5.41) is 0. The fourth-order valence-electron chi connectivity index (χ4n) is 3.08. The molecule has 6 nitrogen and oxygen atoms in total. The lowest BCUT2D eigenvalue weighted by Crippen LogP contribution is -2.14. The van der Waals surface area contributed by atoms with Crippen molar-refractivity contribution in [1.82, 2.24) is 0 Å². The maximum atomic E-state index is 12.2. The van der Waals surface area contributed by atoms with Crippen molar-refractivity contribution in [3.05, 3.63) is 59.2 Å². The Morgan fingerprint density at radius 3 is 2.32 bits per heavy atom. The zero-order valence-electron chi connectivity index (χ0n) is 16.3. The number of carbonyl (C=O) groups is 1. The standard InChI is InChI=1S/C22H24O6/c1-24-19-10-16(11-20(25-2)21(19)26-3)9-17-12-18(28-22(17)23)14-27-13-15-7-5-4-6-8-15/h4-11,18H,12-14H2,1-3H3/b17-9-/t18-/m0/s1.